The van der Waals surface area contributed by atoms with E-state index in [0.717, 1.165) is 88.0 Å². The van der Waals surface area contributed by atoms with Gasteiger partial charge in [0.2, 0.25) is 0 Å². The average Bonchev–Trinajstić information content (AvgIpc) is 3.26. The summed E-state index contributed by atoms with van der Waals surface area (Å²) in [6, 6.07) is 4.57. The van der Waals surface area contributed by atoms with Gasteiger partial charge in [-0.05, 0) is 120 Å². The predicted octanol–water partition coefficient (Wildman–Crippen LogP) is 5.93. The number of aliphatic hydroxyl groups is 1. The van der Waals surface area contributed by atoms with Gasteiger partial charge in [0.15, 0.2) is 0 Å². The fourth-order valence-corrected chi connectivity index (χ4v) is 6.27. The number of amides is 1. The number of carbonyl (C=O) groups is 1. The van der Waals surface area contributed by atoms with Gasteiger partial charge in [0, 0.05) is 45.3 Å². The number of nitrogens with zero attached hydrogens (tertiary/aromatic N) is 3. The Bertz CT molecular complexity index is 1210. The Labute approximate surface area is 264 Å². The number of aliphatic hydroxyl groups excluding tert-OH is 1. The molecule has 9 nitrogen and oxygen atoms in total. The highest BCUT2D eigenvalue weighted by Crippen LogP contribution is 2.28. The third-order valence-corrected chi connectivity index (χ3v) is 9.05. The summed E-state index contributed by atoms with van der Waals surface area (Å²) < 4.78 is 16.3. The van der Waals surface area contributed by atoms with Crippen molar-refractivity contribution in [2.75, 3.05) is 40.5 Å². The van der Waals surface area contributed by atoms with Crippen molar-refractivity contribution >= 4 is 6.09 Å². The molecule has 3 heterocycles. The minimum absolute atomic E-state index is 0.0338. The number of nitrogens with one attached hydrogen (secondary N) is 1. The van der Waals surface area contributed by atoms with E-state index in [2.05, 4.69) is 24.4 Å². The minimum atomic E-state index is -0.212. The van der Waals surface area contributed by atoms with Gasteiger partial charge in [0.25, 0.3) is 0 Å². The molecule has 0 aromatic carbocycles. The maximum atomic E-state index is 12.1. The van der Waals surface area contributed by atoms with Crippen LogP contribution in [0.4, 0.5) is 4.79 Å². The van der Waals surface area contributed by atoms with Crippen molar-refractivity contribution in [1.29, 1.82) is 0 Å². The van der Waals surface area contributed by atoms with Crippen LogP contribution >= 0.6 is 0 Å². The Morgan fingerprint density at radius 3 is 2.07 bits per heavy atom. The Morgan fingerprint density at radius 1 is 0.864 bits per heavy atom. The minimum Gasteiger partial charge on any atom is -0.449 e. The summed E-state index contributed by atoms with van der Waals surface area (Å²) in [5.41, 5.74) is 9.62. The molecule has 3 aliphatic rings. The molecule has 1 aliphatic heterocycles. The van der Waals surface area contributed by atoms with Crippen LogP contribution in [-0.4, -0.2) is 66.6 Å². The van der Waals surface area contributed by atoms with E-state index in [1.165, 1.54) is 53.8 Å². The number of unbranched alkanes of at least 4 members (excludes halogenated alkanes) is 1. The number of ether oxygens (including phenoxy) is 3. The fourth-order valence-electron chi connectivity index (χ4n) is 6.27. The predicted molar refractivity (Wildman–Crippen MR) is 172 cm³/mol. The molecule has 9 heteroatoms. The monoisotopic (exact) mass is 610 g/mol. The normalized spacial score (nSPS) is 17.8. The molecule has 0 saturated carbocycles. The van der Waals surface area contributed by atoms with E-state index < -0.39 is 0 Å². The van der Waals surface area contributed by atoms with Crippen molar-refractivity contribution in [3.63, 3.8) is 0 Å². The molecule has 5 rings (SSSR count). The van der Waals surface area contributed by atoms with Crippen LogP contribution in [0, 0.1) is 0 Å². The van der Waals surface area contributed by atoms with E-state index in [0.29, 0.717) is 13.2 Å². The molecule has 44 heavy (non-hydrogen) atoms. The summed E-state index contributed by atoms with van der Waals surface area (Å²) >= 11 is 0. The maximum absolute atomic E-state index is 12.1. The zero-order chi connectivity index (χ0) is 31.3. The van der Waals surface area contributed by atoms with Crippen LogP contribution in [0.25, 0.3) is 0 Å². The summed E-state index contributed by atoms with van der Waals surface area (Å²) in [4.78, 5) is 23.7. The molecule has 0 radical (unpaired) electrons. The Kier molecular flexibility index (Phi) is 13.9. The number of cyclic esters (lactones) is 1. The van der Waals surface area contributed by atoms with E-state index in [9.17, 15) is 4.79 Å². The number of carbonyl (C=O) groups excluding carboxylic acids is 1. The fraction of sp³-hybridized carbons (Fsp3) is 0.686. The number of aryl methyl sites for hydroxylation is 4. The van der Waals surface area contributed by atoms with Gasteiger partial charge in [-0.2, -0.15) is 0 Å². The van der Waals surface area contributed by atoms with E-state index in [1.807, 2.05) is 6.92 Å². The summed E-state index contributed by atoms with van der Waals surface area (Å²) in [6.45, 7) is 7.94. The van der Waals surface area contributed by atoms with Crippen LogP contribution in [0.2, 0.25) is 0 Å². The molecule has 2 N–H and O–H groups in total. The van der Waals surface area contributed by atoms with Crippen LogP contribution in [0.3, 0.4) is 0 Å². The average molecular weight is 611 g/mol. The molecule has 2 atom stereocenters. The first-order valence-electron chi connectivity index (χ1n) is 16.8. The number of rotatable bonds is 12. The van der Waals surface area contributed by atoms with E-state index in [-0.39, 0.29) is 24.9 Å². The highest BCUT2D eigenvalue weighted by atomic mass is 16.6. The lowest BCUT2D eigenvalue weighted by molar-refractivity contribution is 0.107. The first-order valence-corrected chi connectivity index (χ1v) is 16.8. The van der Waals surface area contributed by atoms with Crippen LogP contribution in [-0.2, 0) is 53.0 Å². The van der Waals surface area contributed by atoms with Gasteiger partial charge >= 0.3 is 6.09 Å². The van der Waals surface area contributed by atoms with E-state index >= 15 is 0 Å². The second kappa shape index (κ2) is 17.8. The number of pyridine rings is 2. The molecule has 2 aromatic rings. The third-order valence-electron chi connectivity index (χ3n) is 9.05. The van der Waals surface area contributed by atoms with Gasteiger partial charge in [-0.1, -0.05) is 12.1 Å². The highest BCUT2D eigenvalue weighted by molar-refractivity contribution is 5.68. The number of aromatic nitrogens is 2. The van der Waals surface area contributed by atoms with Crippen molar-refractivity contribution in [1.82, 2.24) is 20.2 Å². The lowest BCUT2D eigenvalue weighted by atomic mass is 9.93. The van der Waals surface area contributed by atoms with Gasteiger partial charge in [0.1, 0.15) is 0 Å². The SMILES string of the molecule is COC(C)c1nc2c(cc1CN1CCCCOC1=O)CCCC2.COC(C)c1nc2c(cc1CNCCCCO)CCCC2. The van der Waals surface area contributed by atoms with Gasteiger partial charge < -0.3 is 29.5 Å². The third kappa shape index (κ3) is 9.46. The largest absolute Gasteiger partial charge is 0.449 e. The van der Waals surface area contributed by atoms with E-state index in [4.69, 9.17) is 29.3 Å². The van der Waals surface area contributed by atoms with Gasteiger partial charge in [-0.3, -0.25) is 9.97 Å². The van der Waals surface area contributed by atoms with Crippen LogP contribution in [0.15, 0.2) is 12.1 Å². The molecule has 2 aliphatic carbocycles. The zero-order valence-electron chi connectivity index (χ0n) is 27.5. The van der Waals surface area contributed by atoms with Crippen LogP contribution in [0.1, 0.15) is 122 Å². The van der Waals surface area contributed by atoms with Crippen LogP contribution < -0.4 is 5.32 Å². The summed E-state index contributed by atoms with van der Waals surface area (Å²) in [5, 5.41) is 12.3. The van der Waals surface area contributed by atoms with Gasteiger partial charge in [-0.15, -0.1) is 0 Å². The molecule has 1 amide bonds. The Morgan fingerprint density at radius 2 is 1.45 bits per heavy atom. The van der Waals surface area contributed by atoms with Crippen molar-refractivity contribution in [2.24, 2.45) is 0 Å². The van der Waals surface area contributed by atoms with Crippen molar-refractivity contribution < 1.29 is 24.1 Å². The quantitative estimate of drug-likeness (QED) is 0.285. The first kappa shape index (κ1) is 34.3. The molecule has 0 bridgehead atoms. The van der Waals surface area contributed by atoms with Gasteiger partial charge in [-0.25, -0.2) is 4.79 Å². The standard InChI is InChI=1S/C18H26N2O3.C17H28N2O2/c1-13(22-2)17-15(11-14-7-3-4-8-16(14)19-17)12-20-9-5-6-10-23-18(20)21;1-13(21-2)17-15(12-18-9-5-6-10-20)11-14-7-3-4-8-16(14)19-17/h11,13H,3-10,12H2,1-2H3;11,13,18,20H,3-10,12H2,1-2H3. The molecule has 0 spiro atoms. The van der Waals surface area contributed by atoms with Crippen molar-refractivity contribution in [3.8, 4) is 0 Å². The van der Waals surface area contributed by atoms with Crippen molar-refractivity contribution in [2.45, 2.75) is 116 Å². The highest BCUT2D eigenvalue weighted by Gasteiger charge is 2.24. The smallest absolute Gasteiger partial charge is 0.410 e. The van der Waals surface area contributed by atoms with Crippen molar-refractivity contribution in [3.05, 3.63) is 57.2 Å². The summed E-state index contributed by atoms with van der Waals surface area (Å²) in [5.74, 6) is 0. The zero-order valence-corrected chi connectivity index (χ0v) is 27.5. The maximum Gasteiger partial charge on any atom is 0.410 e. The van der Waals surface area contributed by atoms with Crippen LogP contribution in [0.5, 0.6) is 0 Å². The molecule has 2 aromatic heterocycles. The molecule has 1 saturated heterocycles. The number of hydrogen-bond donors (Lipinski definition) is 2. The number of fused-ring (bicyclic) bond motifs is 2. The summed E-state index contributed by atoms with van der Waals surface area (Å²) in [7, 11) is 3.44. The lowest BCUT2D eigenvalue weighted by Crippen LogP contribution is -2.31. The molecule has 2 unspecified atom stereocenters. The number of hydrogen-bond acceptors (Lipinski definition) is 8. The topological polar surface area (TPSA) is 106 Å². The molecular weight excluding hydrogens is 556 g/mol. The second-order valence-electron chi connectivity index (χ2n) is 12.3. The first-order chi connectivity index (χ1) is 21.4. The molecular formula is C35H54N4O5. The molecule has 244 valence electrons. The summed E-state index contributed by atoms with van der Waals surface area (Å²) in [6.07, 6.45) is 12.9. The second-order valence-corrected chi connectivity index (χ2v) is 12.3. The van der Waals surface area contributed by atoms with Gasteiger partial charge in [0.05, 0.1) is 36.7 Å². The van der Waals surface area contributed by atoms with E-state index in [1.54, 1.807) is 19.1 Å². The Hall–Kier alpha value is -2.59. The lowest BCUT2D eigenvalue weighted by Gasteiger charge is -2.25. The number of methoxy groups -OCH3 is 2. The Balaban J connectivity index is 0.000000202. The molecule has 1 fully saturated rings.